The van der Waals surface area contributed by atoms with Gasteiger partial charge >= 0.3 is 12.4 Å². The van der Waals surface area contributed by atoms with E-state index < -0.39 is 24.5 Å². The molecule has 0 amide bonds. The third-order valence-electron chi connectivity index (χ3n) is 3.53. The lowest BCUT2D eigenvalue weighted by Gasteiger charge is -2.09. The Balaban J connectivity index is 1.99. The van der Waals surface area contributed by atoms with Gasteiger partial charge in [0.25, 0.3) is 0 Å². The Labute approximate surface area is 153 Å². The molecule has 0 aliphatic carbocycles. The summed E-state index contributed by atoms with van der Waals surface area (Å²) < 4.78 is 81.0. The quantitative estimate of drug-likeness (QED) is 0.519. The Kier molecular flexibility index (Phi) is 4.70. The Hall–Kier alpha value is -2.50. The van der Waals surface area contributed by atoms with Crippen molar-refractivity contribution in [1.82, 2.24) is 19.5 Å². The van der Waals surface area contributed by atoms with Crippen molar-refractivity contribution in [2.45, 2.75) is 17.2 Å². The molecule has 5 nitrogen and oxygen atoms in total. The van der Waals surface area contributed by atoms with E-state index in [9.17, 15) is 26.3 Å². The predicted octanol–water partition coefficient (Wildman–Crippen LogP) is 4.28. The average molecular weight is 408 g/mol. The minimum absolute atomic E-state index is 0.0512. The van der Waals surface area contributed by atoms with E-state index in [1.807, 2.05) is 0 Å². The number of aryl methyl sites for hydroxylation is 1. The normalized spacial score (nSPS) is 12.6. The number of halogens is 6. The first-order valence-electron chi connectivity index (χ1n) is 7.24. The number of ether oxygens (including phenoxy) is 1. The number of thiol groups is 1. The average Bonchev–Trinajstić information content (AvgIpc) is 2.87. The van der Waals surface area contributed by atoms with Crippen LogP contribution in [0.25, 0.3) is 22.6 Å². The molecule has 0 spiro atoms. The molecule has 0 radical (unpaired) electrons. The monoisotopic (exact) mass is 408 g/mol. The number of rotatable bonds is 3. The molecule has 0 unspecified atom stereocenters. The molecule has 12 heteroatoms. The zero-order valence-electron chi connectivity index (χ0n) is 13.4. The fourth-order valence-corrected chi connectivity index (χ4v) is 2.59. The fourth-order valence-electron chi connectivity index (χ4n) is 2.30. The number of aromatic nitrogens is 4. The highest BCUT2D eigenvalue weighted by Crippen LogP contribution is 2.34. The summed E-state index contributed by atoms with van der Waals surface area (Å²) in [4.78, 5) is 11.7. The van der Waals surface area contributed by atoms with Crippen LogP contribution in [0.2, 0.25) is 0 Å². The SMILES string of the molecule is Cn1c(-c2ncc(C(F)(F)F)cc2S)nc2cc(OCC(F)(F)F)ncc21. The lowest BCUT2D eigenvalue weighted by Crippen LogP contribution is -2.19. The molecule has 0 bridgehead atoms. The summed E-state index contributed by atoms with van der Waals surface area (Å²) in [5.74, 6) is -0.102. The maximum atomic E-state index is 12.8. The van der Waals surface area contributed by atoms with Gasteiger partial charge in [0.1, 0.15) is 5.69 Å². The van der Waals surface area contributed by atoms with Crippen LogP contribution < -0.4 is 4.74 Å². The fraction of sp³-hybridized carbons (Fsp3) is 0.267. The van der Waals surface area contributed by atoms with Gasteiger partial charge in [0.15, 0.2) is 12.4 Å². The van der Waals surface area contributed by atoms with E-state index in [4.69, 9.17) is 0 Å². The minimum Gasteiger partial charge on any atom is -0.468 e. The number of hydrogen-bond donors (Lipinski definition) is 1. The van der Waals surface area contributed by atoms with E-state index >= 15 is 0 Å². The van der Waals surface area contributed by atoms with Crippen molar-refractivity contribution in [3.05, 3.63) is 30.1 Å². The summed E-state index contributed by atoms with van der Waals surface area (Å²) in [6.45, 7) is -1.51. The molecular weight excluding hydrogens is 398 g/mol. The molecule has 0 saturated heterocycles. The van der Waals surface area contributed by atoms with Crippen LogP contribution in [0.5, 0.6) is 5.88 Å². The van der Waals surface area contributed by atoms with Crippen molar-refractivity contribution >= 4 is 23.7 Å². The highest BCUT2D eigenvalue weighted by atomic mass is 32.1. The number of pyridine rings is 2. The van der Waals surface area contributed by atoms with E-state index in [2.05, 4.69) is 32.3 Å². The summed E-state index contributed by atoms with van der Waals surface area (Å²) in [6.07, 6.45) is -7.18. The Morgan fingerprint density at radius 2 is 1.78 bits per heavy atom. The molecule has 3 aromatic heterocycles. The van der Waals surface area contributed by atoms with Crippen LogP contribution in [0.15, 0.2) is 29.4 Å². The van der Waals surface area contributed by atoms with Gasteiger partial charge in [-0.2, -0.15) is 26.3 Å². The highest BCUT2D eigenvalue weighted by molar-refractivity contribution is 7.80. The summed E-state index contributed by atoms with van der Waals surface area (Å²) in [5.41, 5.74) is -0.199. The largest absolute Gasteiger partial charge is 0.468 e. The second-order valence-electron chi connectivity index (χ2n) is 5.50. The van der Waals surface area contributed by atoms with E-state index in [1.165, 1.54) is 16.8 Å². The summed E-state index contributed by atoms with van der Waals surface area (Å²) >= 11 is 4.04. The molecule has 3 rings (SSSR count). The Morgan fingerprint density at radius 3 is 2.37 bits per heavy atom. The van der Waals surface area contributed by atoms with Gasteiger partial charge in [0.05, 0.1) is 22.8 Å². The zero-order valence-corrected chi connectivity index (χ0v) is 14.3. The molecule has 3 heterocycles. The molecule has 0 atom stereocenters. The van der Waals surface area contributed by atoms with Gasteiger partial charge in [-0.15, -0.1) is 12.6 Å². The maximum absolute atomic E-state index is 12.8. The zero-order chi connectivity index (χ0) is 20.0. The third-order valence-corrected chi connectivity index (χ3v) is 3.87. The van der Waals surface area contributed by atoms with Gasteiger partial charge in [-0.25, -0.2) is 9.97 Å². The molecule has 27 heavy (non-hydrogen) atoms. The van der Waals surface area contributed by atoms with Crippen molar-refractivity contribution < 1.29 is 31.1 Å². The van der Waals surface area contributed by atoms with Crippen molar-refractivity contribution in [1.29, 1.82) is 0 Å². The number of fused-ring (bicyclic) bond motifs is 1. The first kappa shape index (κ1) is 19.3. The van der Waals surface area contributed by atoms with E-state index in [1.54, 1.807) is 7.05 Å². The summed E-state index contributed by atoms with van der Waals surface area (Å²) in [7, 11) is 1.56. The third kappa shape index (κ3) is 4.10. The molecule has 144 valence electrons. The van der Waals surface area contributed by atoms with Gasteiger partial charge in [0.2, 0.25) is 5.88 Å². The van der Waals surface area contributed by atoms with Crippen molar-refractivity contribution in [3.63, 3.8) is 0 Å². The van der Waals surface area contributed by atoms with Gasteiger partial charge < -0.3 is 9.30 Å². The first-order valence-corrected chi connectivity index (χ1v) is 7.69. The van der Waals surface area contributed by atoms with Crippen LogP contribution in [0.4, 0.5) is 26.3 Å². The molecule has 3 aromatic rings. The van der Waals surface area contributed by atoms with Crippen LogP contribution in [0.3, 0.4) is 0 Å². The smallest absolute Gasteiger partial charge is 0.422 e. The van der Waals surface area contributed by atoms with Gasteiger partial charge in [-0.1, -0.05) is 0 Å². The van der Waals surface area contributed by atoms with Crippen molar-refractivity contribution in [2.24, 2.45) is 7.05 Å². The van der Waals surface area contributed by atoms with Crippen LogP contribution in [0.1, 0.15) is 5.56 Å². The van der Waals surface area contributed by atoms with E-state index in [-0.39, 0.29) is 27.8 Å². The standard InChI is InChI=1S/C15H10F6N4OS/c1-25-9-5-22-11(26-6-14(16,17)18)3-8(9)24-13(25)12-10(27)2-7(4-23-12)15(19,20)21/h2-5,27H,6H2,1H3. The molecule has 0 N–H and O–H groups in total. The topological polar surface area (TPSA) is 52.8 Å². The van der Waals surface area contributed by atoms with E-state index in [0.717, 1.165) is 6.07 Å². The number of nitrogens with zero attached hydrogens (tertiary/aromatic N) is 4. The van der Waals surface area contributed by atoms with Gasteiger partial charge in [0, 0.05) is 24.2 Å². The van der Waals surface area contributed by atoms with Crippen molar-refractivity contribution in [2.75, 3.05) is 6.61 Å². The molecule has 0 aliphatic heterocycles. The Bertz CT molecular complexity index is 998. The number of alkyl halides is 6. The number of imidazole rings is 1. The van der Waals surface area contributed by atoms with E-state index in [0.29, 0.717) is 11.7 Å². The molecule has 0 aromatic carbocycles. The van der Waals surface area contributed by atoms with Crippen LogP contribution in [-0.4, -0.2) is 32.3 Å². The van der Waals surface area contributed by atoms with Crippen molar-refractivity contribution in [3.8, 4) is 17.4 Å². The predicted molar refractivity (Wildman–Crippen MR) is 85.5 cm³/mol. The van der Waals surface area contributed by atoms with Crippen LogP contribution in [-0.2, 0) is 13.2 Å². The molecule has 0 saturated carbocycles. The lowest BCUT2D eigenvalue weighted by molar-refractivity contribution is -0.154. The lowest BCUT2D eigenvalue weighted by atomic mass is 10.2. The van der Waals surface area contributed by atoms with Crippen LogP contribution in [0, 0.1) is 0 Å². The van der Waals surface area contributed by atoms with Gasteiger partial charge in [-0.05, 0) is 6.07 Å². The maximum Gasteiger partial charge on any atom is 0.422 e. The first-order chi connectivity index (χ1) is 12.5. The second-order valence-corrected chi connectivity index (χ2v) is 5.98. The highest BCUT2D eigenvalue weighted by Gasteiger charge is 2.32. The summed E-state index contributed by atoms with van der Waals surface area (Å²) in [5, 5.41) is 0. The van der Waals surface area contributed by atoms with Gasteiger partial charge in [-0.3, -0.25) is 4.98 Å². The molecular formula is C15H10F6N4OS. The van der Waals surface area contributed by atoms with Crippen LogP contribution >= 0.6 is 12.6 Å². The Morgan fingerprint density at radius 1 is 1.07 bits per heavy atom. The molecule has 0 aliphatic rings. The number of hydrogen-bond acceptors (Lipinski definition) is 5. The second kappa shape index (κ2) is 6.59. The summed E-state index contributed by atoms with van der Waals surface area (Å²) in [6, 6.07) is 2.02. The minimum atomic E-state index is -4.57. The molecule has 0 fully saturated rings.